The first-order chi connectivity index (χ1) is 17.1. The van der Waals surface area contributed by atoms with Gasteiger partial charge < -0.3 is 15.7 Å². The van der Waals surface area contributed by atoms with Crippen LogP contribution in [-0.2, 0) is 30.8 Å². The van der Waals surface area contributed by atoms with Crippen LogP contribution in [0, 0.1) is 6.92 Å². The van der Waals surface area contributed by atoms with Gasteiger partial charge >= 0.3 is 5.97 Å². The summed E-state index contributed by atoms with van der Waals surface area (Å²) in [6, 6.07) is 10.6. The third-order valence-electron chi connectivity index (χ3n) is 6.52. The maximum absolute atomic E-state index is 13.3. The summed E-state index contributed by atoms with van der Waals surface area (Å²) >= 11 is 0. The van der Waals surface area contributed by atoms with Gasteiger partial charge in [0.2, 0.25) is 21.8 Å². The number of nitrogens with zero attached hydrogens (tertiary/aromatic N) is 1. The minimum Gasteiger partial charge on any atom is -0.478 e. The predicted molar refractivity (Wildman–Crippen MR) is 133 cm³/mol. The van der Waals surface area contributed by atoms with Crippen LogP contribution in [0.2, 0.25) is 0 Å². The minimum absolute atomic E-state index is 0.0821. The predicted octanol–water partition coefficient (Wildman–Crippen LogP) is 2.17. The number of sulfonamides is 1. The van der Waals surface area contributed by atoms with Gasteiger partial charge in [0.1, 0.15) is 6.04 Å². The van der Waals surface area contributed by atoms with Gasteiger partial charge in [0.15, 0.2) is 0 Å². The van der Waals surface area contributed by atoms with Crippen molar-refractivity contribution in [2.24, 2.45) is 0 Å². The van der Waals surface area contributed by atoms with Crippen LogP contribution in [0.4, 0.5) is 0 Å². The first-order valence-corrected chi connectivity index (χ1v) is 13.3. The number of aliphatic carboxylic acids is 1. The molecule has 0 bridgehead atoms. The monoisotopic (exact) mass is 511 g/mol. The van der Waals surface area contributed by atoms with E-state index in [4.69, 9.17) is 5.11 Å². The molecule has 10 heteroatoms. The topological polar surface area (TPSA) is 133 Å². The Balaban J connectivity index is 1.50. The molecule has 0 aromatic heterocycles. The van der Waals surface area contributed by atoms with Gasteiger partial charge in [-0.1, -0.05) is 35.9 Å². The Morgan fingerprint density at radius 1 is 1.19 bits per heavy atom. The van der Waals surface area contributed by atoms with Crippen LogP contribution < -0.4 is 10.6 Å². The lowest BCUT2D eigenvalue weighted by Crippen LogP contribution is -2.58. The molecular formula is C26H29N3O6S. The maximum atomic E-state index is 13.3. The summed E-state index contributed by atoms with van der Waals surface area (Å²) in [5, 5.41) is 14.5. The SMILES string of the molecule is Cc1ccc(S(=O)(=O)N2CCNC(=O)[C@@H]2CC(=O)N[C@@H]2CCCc3cc(/C=C/C(=O)O)ccc32)cc1. The lowest BCUT2D eigenvalue weighted by atomic mass is 9.86. The number of amides is 2. The highest BCUT2D eigenvalue weighted by molar-refractivity contribution is 7.89. The summed E-state index contributed by atoms with van der Waals surface area (Å²) < 4.78 is 27.7. The summed E-state index contributed by atoms with van der Waals surface area (Å²) in [6.07, 6.45) is 4.67. The second kappa shape index (κ2) is 10.6. The zero-order valence-corrected chi connectivity index (χ0v) is 20.8. The molecule has 1 aliphatic heterocycles. The van der Waals surface area contributed by atoms with Gasteiger partial charge in [0, 0.05) is 19.2 Å². The van der Waals surface area contributed by atoms with E-state index in [0.29, 0.717) is 6.42 Å². The zero-order valence-electron chi connectivity index (χ0n) is 19.9. The molecule has 2 aromatic carbocycles. The lowest BCUT2D eigenvalue weighted by Gasteiger charge is -2.34. The van der Waals surface area contributed by atoms with E-state index >= 15 is 0 Å². The highest BCUT2D eigenvalue weighted by atomic mass is 32.2. The molecule has 0 radical (unpaired) electrons. The van der Waals surface area contributed by atoms with E-state index in [1.807, 2.05) is 19.1 Å². The standard InChI is InChI=1S/C26H29N3O6S/c1-17-5-9-20(10-6-17)36(34,35)29-14-13-27-26(33)23(29)16-24(30)28-22-4-2-3-19-15-18(7-11-21(19)22)8-12-25(31)32/h5-12,15,22-23H,2-4,13-14,16H2,1H3,(H,27,33)(H,28,30)(H,31,32)/b12-8+/t22-,23+/m1/s1. The molecule has 1 heterocycles. The fourth-order valence-corrected chi connectivity index (χ4v) is 6.29. The van der Waals surface area contributed by atoms with Gasteiger partial charge in [0.05, 0.1) is 17.4 Å². The second-order valence-corrected chi connectivity index (χ2v) is 11.0. The van der Waals surface area contributed by atoms with Crippen molar-refractivity contribution >= 4 is 33.9 Å². The minimum atomic E-state index is -3.96. The number of rotatable bonds is 7. The van der Waals surface area contributed by atoms with Crippen molar-refractivity contribution in [3.8, 4) is 0 Å². The van der Waals surface area contributed by atoms with Gasteiger partial charge in [-0.3, -0.25) is 9.59 Å². The second-order valence-electron chi connectivity index (χ2n) is 9.08. The van der Waals surface area contributed by atoms with E-state index in [0.717, 1.165) is 45.5 Å². The largest absolute Gasteiger partial charge is 0.478 e. The highest BCUT2D eigenvalue weighted by Gasteiger charge is 2.40. The van der Waals surface area contributed by atoms with Crippen LogP contribution in [0.5, 0.6) is 0 Å². The lowest BCUT2D eigenvalue weighted by molar-refractivity contribution is -0.132. The molecule has 4 rings (SSSR count). The molecule has 0 spiro atoms. The maximum Gasteiger partial charge on any atom is 0.328 e. The average molecular weight is 512 g/mol. The number of hydrogen-bond donors (Lipinski definition) is 3. The van der Waals surface area contributed by atoms with Crippen LogP contribution >= 0.6 is 0 Å². The fraction of sp³-hybridized carbons (Fsp3) is 0.346. The summed E-state index contributed by atoms with van der Waals surface area (Å²) in [5.74, 6) is -1.93. The summed E-state index contributed by atoms with van der Waals surface area (Å²) in [7, 11) is -3.96. The van der Waals surface area contributed by atoms with Crippen molar-refractivity contribution in [2.45, 2.75) is 49.6 Å². The van der Waals surface area contributed by atoms with E-state index in [9.17, 15) is 22.8 Å². The Labute approximate surface area is 210 Å². The van der Waals surface area contributed by atoms with Crippen molar-refractivity contribution < 1.29 is 27.9 Å². The molecular weight excluding hydrogens is 482 g/mol. The van der Waals surface area contributed by atoms with Crippen LogP contribution in [0.15, 0.2) is 53.4 Å². The zero-order chi connectivity index (χ0) is 25.9. The molecule has 1 saturated heterocycles. The van der Waals surface area contributed by atoms with Gasteiger partial charge in [-0.15, -0.1) is 0 Å². The molecule has 36 heavy (non-hydrogen) atoms. The number of piperazine rings is 1. The Morgan fingerprint density at radius 2 is 1.94 bits per heavy atom. The Bertz CT molecular complexity index is 1300. The molecule has 0 saturated carbocycles. The van der Waals surface area contributed by atoms with Crippen LogP contribution in [0.3, 0.4) is 0 Å². The first kappa shape index (κ1) is 25.6. The molecule has 3 N–H and O–H groups in total. The third-order valence-corrected chi connectivity index (χ3v) is 8.45. The molecule has 0 unspecified atom stereocenters. The van der Waals surface area contributed by atoms with E-state index in [1.165, 1.54) is 18.2 Å². The number of aryl methyl sites for hydroxylation is 2. The van der Waals surface area contributed by atoms with Crippen molar-refractivity contribution in [2.75, 3.05) is 13.1 Å². The molecule has 9 nitrogen and oxygen atoms in total. The quantitative estimate of drug-likeness (QED) is 0.488. The van der Waals surface area contributed by atoms with E-state index in [1.54, 1.807) is 18.2 Å². The van der Waals surface area contributed by atoms with E-state index in [-0.39, 0.29) is 30.4 Å². The number of carbonyl (C=O) groups excluding carboxylic acids is 2. The molecule has 2 atom stereocenters. The number of fused-ring (bicyclic) bond motifs is 1. The molecule has 1 aliphatic carbocycles. The number of carbonyl (C=O) groups is 3. The number of benzene rings is 2. The average Bonchev–Trinajstić information content (AvgIpc) is 2.84. The fourth-order valence-electron chi connectivity index (χ4n) is 4.71. The summed E-state index contributed by atoms with van der Waals surface area (Å²) in [4.78, 5) is 36.6. The molecule has 2 aromatic rings. The number of carboxylic acid groups (broad SMARTS) is 1. The summed E-state index contributed by atoms with van der Waals surface area (Å²) in [5.41, 5.74) is 3.65. The Morgan fingerprint density at radius 3 is 2.67 bits per heavy atom. The van der Waals surface area contributed by atoms with E-state index < -0.39 is 33.8 Å². The van der Waals surface area contributed by atoms with Crippen LogP contribution in [0.1, 0.15) is 47.6 Å². The molecule has 190 valence electrons. The smallest absolute Gasteiger partial charge is 0.328 e. The Hall–Kier alpha value is -3.50. The number of hydrogen-bond acceptors (Lipinski definition) is 5. The van der Waals surface area contributed by atoms with Crippen molar-refractivity contribution in [1.82, 2.24) is 14.9 Å². The van der Waals surface area contributed by atoms with Gasteiger partial charge in [-0.05, 0) is 61.1 Å². The van der Waals surface area contributed by atoms with Crippen LogP contribution in [-0.4, -0.2) is 54.7 Å². The van der Waals surface area contributed by atoms with Crippen molar-refractivity contribution in [3.05, 3.63) is 70.8 Å². The van der Waals surface area contributed by atoms with E-state index in [2.05, 4.69) is 10.6 Å². The molecule has 2 aliphatic rings. The van der Waals surface area contributed by atoms with Crippen molar-refractivity contribution in [1.29, 1.82) is 0 Å². The van der Waals surface area contributed by atoms with Gasteiger partial charge in [0.25, 0.3) is 0 Å². The molecule has 2 amide bonds. The van der Waals surface area contributed by atoms with Gasteiger partial charge in [-0.25, -0.2) is 13.2 Å². The first-order valence-electron chi connectivity index (χ1n) is 11.8. The normalized spacial score (nSPS) is 20.5. The third kappa shape index (κ3) is 5.66. The Kier molecular flexibility index (Phi) is 7.56. The molecule has 1 fully saturated rings. The number of nitrogens with one attached hydrogen (secondary N) is 2. The van der Waals surface area contributed by atoms with Gasteiger partial charge in [-0.2, -0.15) is 4.31 Å². The summed E-state index contributed by atoms with van der Waals surface area (Å²) in [6.45, 7) is 2.12. The van der Waals surface area contributed by atoms with Crippen molar-refractivity contribution in [3.63, 3.8) is 0 Å². The van der Waals surface area contributed by atoms with Crippen LogP contribution in [0.25, 0.3) is 6.08 Å². The highest BCUT2D eigenvalue weighted by Crippen LogP contribution is 2.31. The number of carboxylic acids is 1.